The van der Waals surface area contributed by atoms with Crippen LogP contribution in [0, 0.1) is 0 Å². The molecule has 1 heterocycles. The first-order valence-electron chi connectivity index (χ1n) is 8.57. The zero-order chi connectivity index (χ0) is 18.5. The van der Waals surface area contributed by atoms with E-state index in [2.05, 4.69) is 16.6 Å². The van der Waals surface area contributed by atoms with Crippen LogP contribution < -0.4 is 10.2 Å². The molecule has 0 saturated heterocycles. The lowest BCUT2D eigenvalue weighted by Gasteiger charge is -2.13. The number of hydrogen-bond donors (Lipinski definition) is 1. The summed E-state index contributed by atoms with van der Waals surface area (Å²) >= 11 is 0. The number of carbonyl (C=O) groups is 1. The molecule has 0 saturated carbocycles. The Morgan fingerprint density at radius 2 is 1.92 bits per heavy atom. The molecule has 3 aromatic rings. The maximum absolute atomic E-state index is 12.6. The molecular formula is C21H21NO4. The minimum atomic E-state index is -0.644. The van der Waals surface area contributed by atoms with Crippen LogP contribution in [0.25, 0.3) is 10.9 Å². The highest BCUT2D eigenvalue weighted by molar-refractivity contribution is 5.93. The van der Waals surface area contributed by atoms with Gasteiger partial charge < -0.3 is 14.5 Å². The Balaban J connectivity index is 2.02. The zero-order valence-electron chi connectivity index (χ0n) is 14.9. The number of fused-ring (bicyclic) bond motifs is 1. The first kappa shape index (κ1) is 17.7. The van der Waals surface area contributed by atoms with Gasteiger partial charge in [-0.25, -0.2) is 4.79 Å². The van der Waals surface area contributed by atoms with E-state index >= 15 is 0 Å². The fourth-order valence-corrected chi connectivity index (χ4v) is 2.89. The highest BCUT2D eigenvalue weighted by Gasteiger charge is 2.15. The quantitative estimate of drug-likeness (QED) is 0.685. The van der Waals surface area contributed by atoms with E-state index in [4.69, 9.17) is 4.74 Å². The molecule has 0 amide bonds. The lowest BCUT2D eigenvalue weighted by Crippen LogP contribution is -2.17. The third-order valence-electron chi connectivity index (χ3n) is 4.22. The normalized spacial score (nSPS) is 10.7. The van der Waals surface area contributed by atoms with Crippen LogP contribution in [0.15, 0.2) is 53.5 Å². The van der Waals surface area contributed by atoms with E-state index in [1.54, 1.807) is 0 Å². The number of aryl methyl sites for hydroxylation is 1. The van der Waals surface area contributed by atoms with Gasteiger partial charge in [-0.1, -0.05) is 43.7 Å². The third-order valence-corrected chi connectivity index (χ3v) is 4.22. The number of H-pyrrole nitrogens is 1. The van der Waals surface area contributed by atoms with Crippen molar-refractivity contribution in [3.63, 3.8) is 0 Å². The van der Waals surface area contributed by atoms with Crippen molar-refractivity contribution in [2.75, 3.05) is 7.11 Å². The van der Waals surface area contributed by atoms with E-state index in [0.717, 1.165) is 29.7 Å². The summed E-state index contributed by atoms with van der Waals surface area (Å²) in [4.78, 5) is 27.4. The van der Waals surface area contributed by atoms with Gasteiger partial charge in [0.25, 0.3) is 0 Å². The number of nitrogens with one attached hydrogen (secondary N) is 1. The molecule has 2 aromatic carbocycles. The lowest BCUT2D eigenvalue weighted by atomic mass is 10.0. The Morgan fingerprint density at radius 3 is 2.62 bits per heavy atom. The summed E-state index contributed by atoms with van der Waals surface area (Å²) < 4.78 is 10.7. The standard InChI is InChI=1S/C21H21NO4/c1-3-7-15-10-16-18(22-12-17(20(16)23)21(24)25-2)11-19(15)26-13-14-8-5-4-6-9-14/h4-6,8-12H,3,7,13H2,1-2H3,(H,22,23). The van der Waals surface area contributed by atoms with Crippen LogP contribution in [-0.4, -0.2) is 18.1 Å². The Kier molecular flexibility index (Phi) is 5.37. The largest absolute Gasteiger partial charge is 0.489 e. The molecule has 0 fully saturated rings. The van der Waals surface area contributed by atoms with Crippen molar-refractivity contribution in [1.82, 2.24) is 4.98 Å². The van der Waals surface area contributed by atoms with E-state index in [1.165, 1.54) is 13.3 Å². The van der Waals surface area contributed by atoms with Gasteiger partial charge in [0.2, 0.25) is 5.43 Å². The number of hydrogen-bond acceptors (Lipinski definition) is 4. The maximum Gasteiger partial charge on any atom is 0.343 e. The topological polar surface area (TPSA) is 68.4 Å². The molecule has 26 heavy (non-hydrogen) atoms. The van der Waals surface area contributed by atoms with Gasteiger partial charge in [-0.15, -0.1) is 0 Å². The molecule has 0 atom stereocenters. The summed E-state index contributed by atoms with van der Waals surface area (Å²) in [6, 6.07) is 13.5. The Morgan fingerprint density at radius 1 is 1.15 bits per heavy atom. The third kappa shape index (κ3) is 3.61. The number of aromatic amines is 1. The molecule has 0 aliphatic rings. The van der Waals surface area contributed by atoms with Crippen LogP contribution in [-0.2, 0) is 17.8 Å². The Bertz CT molecular complexity index is 976. The fourth-order valence-electron chi connectivity index (χ4n) is 2.89. The highest BCUT2D eigenvalue weighted by Crippen LogP contribution is 2.26. The van der Waals surface area contributed by atoms with E-state index in [-0.39, 0.29) is 11.0 Å². The second-order valence-electron chi connectivity index (χ2n) is 6.05. The number of aromatic nitrogens is 1. The van der Waals surface area contributed by atoms with Crippen molar-refractivity contribution in [2.45, 2.75) is 26.4 Å². The van der Waals surface area contributed by atoms with Crippen LogP contribution in [0.5, 0.6) is 5.75 Å². The molecule has 5 nitrogen and oxygen atoms in total. The number of ether oxygens (including phenoxy) is 2. The zero-order valence-corrected chi connectivity index (χ0v) is 14.9. The van der Waals surface area contributed by atoms with E-state index in [0.29, 0.717) is 17.5 Å². The number of benzene rings is 2. The van der Waals surface area contributed by atoms with Crippen LogP contribution in [0.3, 0.4) is 0 Å². The molecule has 0 aliphatic heterocycles. The summed E-state index contributed by atoms with van der Waals surface area (Å²) in [5, 5.41) is 0.461. The van der Waals surface area contributed by atoms with E-state index in [9.17, 15) is 9.59 Å². The molecule has 1 aromatic heterocycles. The lowest BCUT2D eigenvalue weighted by molar-refractivity contribution is 0.0599. The summed E-state index contributed by atoms with van der Waals surface area (Å²) in [6.07, 6.45) is 3.08. The Labute approximate surface area is 151 Å². The molecule has 3 rings (SSSR count). The molecule has 1 N–H and O–H groups in total. The first-order valence-corrected chi connectivity index (χ1v) is 8.57. The van der Waals surface area contributed by atoms with Crippen LogP contribution in [0.2, 0.25) is 0 Å². The van der Waals surface area contributed by atoms with Gasteiger partial charge in [-0.05, 0) is 23.6 Å². The van der Waals surface area contributed by atoms with Crippen molar-refractivity contribution >= 4 is 16.9 Å². The molecule has 0 radical (unpaired) electrons. The van der Waals surface area contributed by atoms with E-state index in [1.807, 2.05) is 42.5 Å². The summed E-state index contributed by atoms with van der Waals surface area (Å²) in [5.41, 5.74) is 2.32. The smallest absolute Gasteiger partial charge is 0.343 e. The minimum Gasteiger partial charge on any atom is -0.489 e. The SMILES string of the molecule is CCCc1cc2c(=O)c(C(=O)OC)c[nH]c2cc1OCc1ccccc1. The van der Waals surface area contributed by atoms with Crippen molar-refractivity contribution in [3.8, 4) is 5.75 Å². The Hall–Kier alpha value is -3.08. The minimum absolute atomic E-state index is 0.000373. The summed E-state index contributed by atoms with van der Waals surface area (Å²) in [5.74, 6) is 0.0965. The molecule has 0 unspecified atom stereocenters. The van der Waals surface area contributed by atoms with Gasteiger partial charge in [0, 0.05) is 17.6 Å². The monoisotopic (exact) mass is 351 g/mol. The predicted molar refractivity (Wildman–Crippen MR) is 101 cm³/mol. The van der Waals surface area contributed by atoms with Crippen molar-refractivity contribution in [1.29, 1.82) is 0 Å². The van der Waals surface area contributed by atoms with Crippen molar-refractivity contribution in [3.05, 3.63) is 75.6 Å². The van der Waals surface area contributed by atoms with Crippen LogP contribution in [0.4, 0.5) is 0 Å². The molecule has 5 heteroatoms. The van der Waals surface area contributed by atoms with Crippen LogP contribution in [0.1, 0.15) is 34.8 Å². The number of pyridine rings is 1. The van der Waals surface area contributed by atoms with Gasteiger partial charge in [0.15, 0.2) is 0 Å². The number of methoxy groups -OCH3 is 1. The average Bonchev–Trinajstić information content (AvgIpc) is 2.67. The van der Waals surface area contributed by atoms with Gasteiger partial charge >= 0.3 is 5.97 Å². The van der Waals surface area contributed by atoms with Gasteiger partial charge in [0.05, 0.1) is 12.6 Å². The van der Waals surface area contributed by atoms with Crippen molar-refractivity contribution < 1.29 is 14.3 Å². The summed E-state index contributed by atoms with van der Waals surface area (Å²) in [7, 11) is 1.26. The second kappa shape index (κ2) is 7.87. The van der Waals surface area contributed by atoms with E-state index < -0.39 is 5.97 Å². The maximum atomic E-state index is 12.6. The molecular weight excluding hydrogens is 330 g/mol. The average molecular weight is 351 g/mol. The fraction of sp³-hybridized carbons (Fsp3) is 0.238. The first-order chi connectivity index (χ1) is 12.6. The van der Waals surface area contributed by atoms with Gasteiger partial charge in [-0.2, -0.15) is 0 Å². The van der Waals surface area contributed by atoms with Gasteiger partial charge in [-0.3, -0.25) is 4.79 Å². The number of rotatable bonds is 6. The molecule has 134 valence electrons. The van der Waals surface area contributed by atoms with Gasteiger partial charge in [0.1, 0.15) is 17.9 Å². The number of carbonyl (C=O) groups excluding carboxylic acids is 1. The highest BCUT2D eigenvalue weighted by atomic mass is 16.5. The van der Waals surface area contributed by atoms with Crippen molar-refractivity contribution in [2.24, 2.45) is 0 Å². The predicted octanol–water partition coefficient (Wildman–Crippen LogP) is 3.85. The second-order valence-corrected chi connectivity index (χ2v) is 6.05. The summed E-state index contributed by atoms with van der Waals surface area (Å²) in [6.45, 7) is 2.52. The number of esters is 1. The molecule has 0 bridgehead atoms. The van der Waals surface area contributed by atoms with Crippen LogP contribution >= 0.6 is 0 Å². The molecule has 0 aliphatic carbocycles. The molecule has 0 spiro atoms.